The van der Waals surface area contributed by atoms with Crippen molar-refractivity contribution in [2.24, 2.45) is 0 Å². The number of aryl methyl sites for hydroxylation is 1. The minimum atomic E-state index is -0.522. The van der Waals surface area contributed by atoms with Crippen molar-refractivity contribution in [3.8, 4) is 0 Å². The summed E-state index contributed by atoms with van der Waals surface area (Å²) in [6, 6.07) is 5.86. The summed E-state index contributed by atoms with van der Waals surface area (Å²) in [5.74, 6) is 0. The first-order valence-electron chi connectivity index (χ1n) is 6.81. The minimum absolute atomic E-state index is 0.0420. The highest BCUT2D eigenvalue weighted by Gasteiger charge is 2.19. The quantitative estimate of drug-likeness (QED) is 0.775. The fourth-order valence-corrected chi connectivity index (χ4v) is 2.14. The van der Waals surface area contributed by atoms with Crippen molar-refractivity contribution >= 4 is 10.9 Å². The Morgan fingerprint density at radius 3 is 2.84 bits per heavy atom. The highest BCUT2D eigenvalue weighted by Crippen LogP contribution is 2.25. The molecule has 0 spiro atoms. The third-order valence-corrected chi connectivity index (χ3v) is 3.81. The molecule has 4 heteroatoms. The van der Waals surface area contributed by atoms with Crippen molar-refractivity contribution in [1.82, 2.24) is 15.5 Å². The molecule has 0 aliphatic heterocycles. The van der Waals surface area contributed by atoms with E-state index in [1.165, 1.54) is 0 Å². The number of hydrogen-bond donors (Lipinski definition) is 3. The van der Waals surface area contributed by atoms with Crippen LogP contribution in [-0.2, 0) is 0 Å². The third kappa shape index (κ3) is 2.96. The molecule has 1 atom stereocenters. The van der Waals surface area contributed by atoms with Gasteiger partial charge in [-0.1, -0.05) is 19.1 Å². The summed E-state index contributed by atoms with van der Waals surface area (Å²) in [5, 5.41) is 22.1. The highest BCUT2D eigenvalue weighted by molar-refractivity contribution is 5.85. The van der Waals surface area contributed by atoms with Gasteiger partial charge in [-0.05, 0) is 38.8 Å². The first-order chi connectivity index (χ1) is 8.94. The van der Waals surface area contributed by atoms with Crippen molar-refractivity contribution in [2.75, 3.05) is 6.54 Å². The number of nitrogens with one attached hydrogen (secondary N) is 2. The van der Waals surface area contributed by atoms with Crippen LogP contribution in [0.15, 0.2) is 18.2 Å². The van der Waals surface area contributed by atoms with Gasteiger partial charge in [0.25, 0.3) is 0 Å². The Balaban J connectivity index is 2.22. The van der Waals surface area contributed by atoms with E-state index in [4.69, 9.17) is 0 Å². The summed E-state index contributed by atoms with van der Waals surface area (Å²) in [6.07, 6.45) is 0.500. The zero-order chi connectivity index (χ0) is 14.0. The second kappa shape index (κ2) is 5.31. The van der Waals surface area contributed by atoms with E-state index in [1.807, 2.05) is 25.1 Å². The second-order valence-corrected chi connectivity index (χ2v) is 5.72. The molecule has 2 rings (SSSR count). The number of H-pyrrole nitrogens is 1. The fraction of sp³-hybridized carbons (Fsp3) is 0.533. The van der Waals surface area contributed by atoms with E-state index in [9.17, 15) is 5.11 Å². The highest BCUT2D eigenvalue weighted by atomic mass is 16.3. The van der Waals surface area contributed by atoms with E-state index in [1.54, 1.807) is 0 Å². The van der Waals surface area contributed by atoms with Gasteiger partial charge in [0.15, 0.2) is 0 Å². The summed E-state index contributed by atoms with van der Waals surface area (Å²) < 4.78 is 0. The van der Waals surface area contributed by atoms with Crippen LogP contribution in [0.4, 0.5) is 0 Å². The zero-order valence-corrected chi connectivity index (χ0v) is 12.1. The van der Waals surface area contributed by atoms with Gasteiger partial charge in [-0.25, -0.2) is 0 Å². The van der Waals surface area contributed by atoms with Gasteiger partial charge in [0.1, 0.15) is 0 Å². The van der Waals surface area contributed by atoms with Gasteiger partial charge < -0.3 is 10.4 Å². The number of rotatable bonds is 5. The molecular formula is C15H23N3O. The molecule has 3 N–H and O–H groups in total. The molecule has 1 aromatic carbocycles. The standard InChI is InChI=1S/C15H23N3O/c1-5-15(3,4)16-9-13(19)11-7-6-8-12-14(11)10(2)17-18-12/h6-8,13,16,19H,5,9H2,1-4H3,(H,17,18)/t13-/m0/s1. The first-order valence-corrected chi connectivity index (χ1v) is 6.81. The average Bonchev–Trinajstić information content (AvgIpc) is 2.78. The van der Waals surface area contributed by atoms with Crippen LogP contribution in [0.1, 0.15) is 44.6 Å². The number of nitrogens with zero attached hydrogens (tertiary/aromatic N) is 1. The van der Waals surface area contributed by atoms with Crippen molar-refractivity contribution in [3.63, 3.8) is 0 Å². The maximum atomic E-state index is 10.4. The molecule has 0 fully saturated rings. The number of fused-ring (bicyclic) bond motifs is 1. The molecular weight excluding hydrogens is 238 g/mol. The van der Waals surface area contributed by atoms with Crippen LogP contribution in [0.2, 0.25) is 0 Å². The molecule has 0 amide bonds. The van der Waals surface area contributed by atoms with Crippen LogP contribution < -0.4 is 5.32 Å². The molecule has 0 saturated carbocycles. The van der Waals surface area contributed by atoms with E-state index in [0.717, 1.165) is 28.6 Å². The summed E-state index contributed by atoms with van der Waals surface area (Å²) in [4.78, 5) is 0. The Morgan fingerprint density at radius 2 is 2.16 bits per heavy atom. The van der Waals surface area contributed by atoms with E-state index in [-0.39, 0.29) is 5.54 Å². The molecule has 1 heterocycles. The van der Waals surface area contributed by atoms with Crippen LogP contribution in [-0.4, -0.2) is 27.4 Å². The van der Waals surface area contributed by atoms with Gasteiger partial charge in [0.05, 0.1) is 11.6 Å². The van der Waals surface area contributed by atoms with Gasteiger partial charge in [0.2, 0.25) is 0 Å². The molecule has 0 radical (unpaired) electrons. The van der Waals surface area contributed by atoms with Crippen molar-refractivity contribution in [1.29, 1.82) is 0 Å². The molecule has 19 heavy (non-hydrogen) atoms. The lowest BCUT2D eigenvalue weighted by Crippen LogP contribution is -2.40. The Bertz CT molecular complexity index is 560. The Hall–Kier alpha value is -1.39. The van der Waals surface area contributed by atoms with Crippen LogP contribution in [0, 0.1) is 6.92 Å². The number of benzene rings is 1. The van der Waals surface area contributed by atoms with Crippen LogP contribution in [0.25, 0.3) is 10.9 Å². The smallest absolute Gasteiger partial charge is 0.0927 e. The summed E-state index contributed by atoms with van der Waals surface area (Å²) in [7, 11) is 0. The van der Waals surface area contributed by atoms with E-state index in [0.29, 0.717) is 6.54 Å². The maximum absolute atomic E-state index is 10.4. The second-order valence-electron chi connectivity index (χ2n) is 5.72. The molecule has 2 aromatic rings. The number of aromatic amines is 1. The lowest BCUT2D eigenvalue weighted by atomic mass is 9.99. The third-order valence-electron chi connectivity index (χ3n) is 3.81. The van der Waals surface area contributed by atoms with Crippen LogP contribution in [0.3, 0.4) is 0 Å². The van der Waals surface area contributed by atoms with Gasteiger partial charge in [-0.2, -0.15) is 5.10 Å². The minimum Gasteiger partial charge on any atom is -0.387 e. The molecule has 0 aliphatic carbocycles. The first kappa shape index (κ1) is 14.0. The molecule has 1 aromatic heterocycles. The lowest BCUT2D eigenvalue weighted by Gasteiger charge is -2.26. The van der Waals surface area contributed by atoms with E-state index >= 15 is 0 Å². The van der Waals surface area contributed by atoms with Crippen molar-refractivity contribution in [2.45, 2.75) is 45.8 Å². The Labute approximate surface area is 114 Å². The molecule has 0 bridgehead atoms. The zero-order valence-electron chi connectivity index (χ0n) is 12.1. The van der Waals surface area contributed by atoms with Gasteiger partial charge in [-0.3, -0.25) is 5.10 Å². The monoisotopic (exact) mass is 261 g/mol. The summed E-state index contributed by atoms with van der Waals surface area (Å²) in [6.45, 7) is 8.95. The van der Waals surface area contributed by atoms with Crippen LogP contribution >= 0.6 is 0 Å². The predicted molar refractivity (Wildman–Crippen MR) is 78.2 cm³/mol. The Morgan fingerprint density at radius 1 is 1.42 bits per heavy atom. The topological polar surface area (TPSA) is 60.9 Å². The number of β-amino-alcohol motifs (C(OH)–C–C–N with tert-alkyl or cyclic N) is 1. The Kier molecular flexibility index (Phi) is 3.92. The van der Waals surface area contributed by atoms with Crippen molar-refractivity contribution < 1.29 is 5.11 Å². The number of aliphatic hydroxyl groups excluding tert-OH is 1. The number of aliphatic hydroxyl groups is 1. The van der Waals surface area contributed by atoms with E-state index in [2.05, 4.69) is 36.3 Å². The normalized spacial score (nSPS) is 13.9. The van der Waals surface area contributed by atoms with Gasteiger partial charge in [-0.15, -0.1) is 0 Å². The average molecular weight is 261 g/mol. The van der Waals surface area contributed by atoms with Crippen molar-refractivity contribution in [3.05, 3.63) is 29.5 Å². The molecule has 4 nitrogen and oxygen atoms in total. The molecule has 104 valence electrons. The van der Waals surface area contributed by atoms with E-state index < -0.39 is 6.10 Å². The number of hydrogen-bond acceptors (Lipinski definition) is 3. The SMILES string of the molecule is CCC(C)(C)NC[C@H](O)c1cccc2n[nH]c(C)c12. The van der Waals surface area contributed by atoms with Gasteiger partial charge >= 0.3 is 0 Å². The maximum Gasteiger partial charge on any atom is 0.0927 e. The van der Waals surface area contributed by atoms with Gasteiger partial charge in [0, 0.05) is 23.2 Å². The fourth-order valence-electron chi connectivity index (χ4n) is 2.14. The summed E-state index contributed by atoms with van der Waals surface area (Å²) >= 11 is 0. The van der Waals surface area contributed by atoms with Crippen LogP contribution in [0.5, 0.6) is 0 Å². The number of aromatic nitrogens is 2. The summed E-state index contributed by atoms with van der Waals surface area (Å²) in [5.41, 5.74) is 2.88. The molecule has 0 saturated heterocycles. The lowest BCUT2D eigenvalue weighted by molar-refractivity contribution is 0.161. The largest absolute Gasteiger partial charge is 0.387 e. The molecule has 0 aliphatic rings. The molecule has 0 unspecified atom stereocenters. The predicted octanol–water partition coefficient (Wildman–Crippen LogP) is 2.68.